The van der Waals surface area contributed by atoms with Gasteiger partial charge in [0, 0.05) is 19.7 Å². The molecule has 2 aromatic heterocycles. The average Bonchev–Trinajstić information content (AvgIpc) is 2.90. The Kier molecular flexibility index (Phi) is 4.07. The maximum atomic E-state index is 11.7. The number of hydrogen-bond acceptors (Lipinski definition) is 5. The number of nitrogens with two attached hydrogens (primary N) is 1. The van der Waals surface area contributed by atoms with Crippen molar-refractivity contribution in [2.75, 3.05) is 12.3 Å². The van der Waals surface area contributed by atoms with Crippen LogP contribution >= 0.6 is 0 Å². The average molecular weight is 277 g/mol. The summed E-state index contributed by atoms with van der Waals surface area (Å²) >= 11 is 0. The van der Waals surface area contributed by atoms with Gasteiger partial charge in [0.15, 0.2) is 0 Å². The molecule has 0 aliphatic carbocycles. The summed E-state index contributed by atoms with van der Waals surface area (Å²) in [4.78, 5) is 11.7. The largest absolute Gasteiger partial charge is 0.464 e. The van der Waals surface area contributed by atoms with Crippen LogP contribution in [0.5, 0.6) is 0 Å². The second-order valence-corrected chi connectivity index (χ2v) is 4.73. The molecule has 108 valence electrons. The van der Waals surface area contributed by atoms with Crippen LogP contribution in [0.3, 0.4) is 0 Å². The van der Waals surface area contributed by atoms with Gasteiger partial charge in [0.1, 0.15) is 6.54 Å². The van der Waals surface area contributed by atoms with Gasteiger partial charge in [-0.05, 0) is 19.4 Å². The highest BCUT2D eigenvalue weighted by molar-refractivity contribution is 5.69. The van der Waals surface area contributed by atoms with Crippen LogP contribution in [-0.4, -0.2) is 32.1 Å². The van der Waals surface area contributed by atoms with E-state index in [0.717, 1.165) is 17.0 Å². The van der Waals surface area contributed by atoms with E-state index in [1.165, 1.54) is 0 Å². The SMILES string of the molecule is Cc1nn(CC(=O)OCCc2cnn(C)c2)c(C)c1N. The Morgan fingerprint density at radius 1 is 1.45 bits per heavy atom. The van der Waals surface area contributed by atoms with Crippen molar-refractivity contribution < 1.29 is 9.53 Å². The Labute approximate surface area is 117 Å². The zero-order valence-electron chi connectivity index (χ0n) is 12.0. The van der Waals surface area contributed by atoms with Gasteiger partial charge in [0.25, 0.3) is 0 Å². The summed E-state index contributed by atoms with van der Waals surface area (Å²) in [6.07, 6.45) is 4.31. The lowest BCUT2D eigenvalue weighted by Crippen LogP contribution is -2.17. The van der Waals surface area contributed by atoms with Gasteiger partial charge in [-0.3, -0.25) is 14.2 Å². The molecule has 2 aromatic rings. The molecule has 0 amide bonds. The van der Waals surface area contributed by atoms with Crippen molar-refractivity contribution in [3.8, 4) is 0 Å². The molecule has 7 heteroatoms. The van der Waals surface area contributed by atoms with Crippen LogP contribution in [0.2, 0.25) is 0 Å². The Morgan fingerprint density at radius 2 is 2.20 bits per heavy atom. The number of anilines is 1. The molecular formula is C13H19N5O2. The second kappa shape index (κ2) is 5.77. The molecule has 20 heavy (non-hydrogen) atoms. The van der Waals surface area contributed by atoms with Gasteiger partial charge in [0.05, 0.1) is 29.9 Å². The monoisotopic (exact) mass is 277 g/mol. The maximum absolute atomic E-state index is 11.7. The Hall–Kier alpha value is -2.31. The molecule has 0 aromatic carbocycles. The lowest BCUT2D eigenvalue weighted by molar-refractivity contribution is -0.144. The molecule has 0 aliphatic heterocycles. The van der Waals surface area contributed by atoms with E-state index >= 15 is 0 Å². The minimum atomic E-state index is -0.320. The molecule has 0 aliphatic rings. The van der Waals surface area contributed by atoms with Gasteiger partial charge < -0.3 is 10.5 Å². The topological polar surface area (TPSA) is 88.0 Å². The predicted octanol–water partition coefficient (Wildman–Crippen LogP) is 0.602. The number of ether oxygens (including phenoxy) is 1. The third-order valence-electron chi connectivity index (χ3n) is 3.13. The van der Waals surface area contributed by atoms with Gasteiger partial charge in [-0.2, -0.15) is 10.2 Å². The van der Waals surface area contributed by atoms with Gasteiger partial charge in [0.2, 0.25) is 0 Å². The number of esters is 1. The highest BCUT2D eigenvalue weighted by Gasteiger charge is 2.12. The van der Waals surface area contributed by atoms with Gasteiger partial charge in [-0.15, -0.1) is 0 Å². The maximum Gasteiger partial charge on any atom is 0.327 e. The van der Waals surface area contributed by atoms with E-state index in [1.807, 2.05) is 27.1 Å². The van der Waals surface area contributed by atoms with E-state index in [1.54, 1.807) is 15.6 Å². The Balaban J connectivity index is 1.82. The fraction of sp³-hybridized carbons (Fsp3) is 0.462. The smallest absolute Gasteiger partial charge is 0.327 e. The van der Waals surface area contributed by atoms with Gasteiger partial charge in [-0.25, -0.2) is 0 Å². The highest BCUT2D eigenvalue weighted by Crippen LogP contribution is 2.14. The van der Waals surface area contributed by atoms with Crippen LogP contribution in [0.1, 0.15) is 17.0 Å². The zero-order valence-corrected chi connectivity index (χ0v) is 12.0. The van der Waals surface area contributed by atoms with Gasteiger partial charge in [-0.1, -0.05) is 0 Å². The lowest BCUT2D eigenvalue weighted by atomic mass is 10.3. The highest BCUT2D eigenvalue weighted by atomic mass is 16.5. The number of aryl methyl sites for hydroxylation is 2. The molecule has 0 spiro atoms. The molecule has 0 saturated heterocycles. The van der Waals surface area contributed by atoms with Crippen molar-refractivity contribution >= 4 is 11.7 Å². The van der Waals surface area contributed by atoms with E-state index in [9.17, 15) is 4.79 Å². The quantitative estimate of drug-likeness (QED) is 0.809. The van der Waals surface area contributed by atoms with E-state index in [-0.39, 0.29) is 12.5 Å². The summed E-state index contributed by atoms with van der Waals surface area (Å²) in [6.45, 7) is 4.06. The third-order valence-corrected chi connectivity index (χ3v) is 3.13. The minimum Gasteiger partial charge on any atom is -0.464 e. The molecule has 0 fully saturated rings. The summed E-state index contributed by atoms with van der Waals surface area (Å²) in [7, 11) is 1.85. The van der Waals surface area contributed by atoms with E-state index in [4.69, 9.17) is 10.5 Å². The number of nitrogen functional groups attached to an aromatic ring is 1. The van der Waals surface area contributed by atoms with Crippen molar-refractivity contribution in [1.82, 2.24) is 19.6 Å². The first-order valence-corrected chi connectivity index (χ1v) is 6.40. The number of carbonyl (C=O) groups excluding carboxylic acids is 1. The molecule has 0 atom stereocenters. The predicted molar refractivity (Wildman–Crippen MR) is 74.0 cm³/mol. The minimum absolute atomic E-state index is 0.0803. The number of carbonyl (C=O) groups is 1. The molecule has 0 unspecified atom stereocenters. The van der Waals surface area contributed by atoms with Crippen LogP contribution in [0.25, 0.3) is 0 Å². The zero-order chi connectivity index (χ0) is 14.7. The summed E-state index contributed by atoms with van der Waals surface area (Å²) in [5, 5.41) is 8.25. The van der Waals surface area contributed by atoms with E-state index in [2.05, 4.69) is 10.2 Å². The molecule has 0 bridgehead atoms. The summed E-state index contributed by atoms with van der Waals surface area (Å²) in [5.74, 6) is -0.320. The van der Waals surface area contributed by atoms with Crippen molar-refractivity contribution in [2.24, 2.45) is 7.05 Å². The number of rotatable bonds is 5. The summed E-state index contributed by atoms with van der Waals surface area (Å²) < 4.78 is 8.47. The summed E-state index contributed by atoms with van der Waals surface area (Å²) in [6, 6.07) is 0. The van der Waals surface area contributed by atoms with Crippen molar-refractivity contribution in [2.45, 2.75) is 26.8 Å². The normalized spacial score (nSPS) is 10.8. The second-order valence-electron chi connectivity index (χ2n) is 4.73. The number of aromatic nitrogens is 4. The Bertz CT molecular complexity index is 614. The fourth-order valence-corrected chi connectivity index (χ4v) is 1.92. The first-order chi connectivity index (χ1) is 9.47. The van der Waals surface area contributed by atoms with Crippen molar-refractivity contribution in [3.63, 3.8) is 0 Å². The Morgan fingerprint density at radius 3 is 2.75 bits per heavy atom. The van der Waals surface area contributed by atoms with Gasteiger partial charge >= 0.3 is 5.97 Å². The van der Waals surface area contributed by atoms with Crippen LogP contribution in [0, 0.1) is 13.8 Å². The first-order valence-electron chi connectivity index (χ1n) is 6.40. The van der Waals surface area contributed by atoms with Crippen LogP contribution in [0.4, 0.5) is 5.69 Å². The number of hydrogen-bond donors (Lipinski definition) is 1. The molecule has 2 N–H and O–H groups in total. The third kappa shape index (κ3) is 3.17. The lowest BCUT2D eigenvalue weighted by Gasteiger charge is -2.05. The molecule has 0 radical (unpaired) electrons. The molecular weight excluding hydrogens is 258 g/mol. The van der Waals surface area contributed by atoms with E-state index in [0.29, 0.717) is 18.7 Å². The van der Waals surface area contributed by atoms with Crippen LogP contribution in [0.15, 0.2) is 12.4 Å². The molecule has 0 saturated carbocycles. The first kappa shape index (κ1) is 14.1. The number of nitrogens with zero attached hydrogens (tertiary/aromatic N) is 4. The standard InChI is InChI=1S/C13H19N5O2/c1-9-13(14)10(2)18(16-9)8-12(19)20-5-4-11-6-15-17(3)7-11/h6-7H,4-5,8,14H2,1-3H3. The van der Waals surface area contributed by atoms with Crippen molar-refractivity contribution in [1.29, 1.82) is 0 Å². The van der Waals surface area contributed by atoms with Crippen LogP contribution < -0.4 is 5.73 Å². The van der Waals surface area contributed by atoms with Crippen LogP contribution in [-0.2, 0) is 29.5 Å². The molecule has 2 rings (SSSR count). The molecule has 2 heterocycles. The molecule has 7 nitrogen and oxygen atoms in total. The summed E-state index contributed by atoms with van der Waals surface area (Å²) in [5.41, 5.74) is 8.98. The van der Waals surface area contributed by atoms with E-state index < -0.39 is 0 Å². The van der Waals surface area contributed by atoms with Crippen molar-refractivity contribution in [3.05, 3.63) is 29.3 Å². The fourth-order valence-electron chi connectivity index (χ4n) is 1.92.